The summed E-state index contributed by atoms with van der Waals surface area (Å²) in [5.41, 5.74) is 0.0370. The number of hydrogen-bond donors (Lipinski definition) is 0. The Morgan fingerprint density at radius 2 is 1.92 bits per heavy atom. The van der Waals surface area contributed by atoms with E-state index in [0.717, 1.165) is 24.3 Å². The van der Waals surface area contributed by atoms with Gasteiger partial charge < -0.3 is 0 Å². The molecule has 0 aromatic heterocycles. The molecule has 0 atom stereocenters. The zero-order valence-electron chi connectivity index (χ0n) is 5.82. The molecule has 0 amide bonds. The lowest BCUT2D eigenvalue weighted by Crippen LogP contribution is -1.83. The molecule has 0 radical (unpaired) electrons. The van der Waals surface area contributed by atoms with Gasteiger partial charge in [0.05, 0.1) is 0 Å². The summed E-state index contributed by atoms with van der Waals surface area (Å²) in [5.74, 6) is -1.09. The summed E-state index contributed by atoms with van der Waals surface area (Å²) >= 11 is 10.5. The fourth-order valence-electron chi connectivity index (χ4n) is 0.743. The van der Waals surface area contributed by atoms with Gasteiger partial charge >= 0.3 is 0 Å². The zero-order chi connectivity index (χ0) is 9.14. The molecule has 64 valence electrons. The van der Waals surface area contributed by atoms with Crippen LogP contribution in [0, 0.1) is 11.6 Å². The summed E-state index contributed by atoms with van der Waals surface area (Å²) in [6.45, 7) is 0. The molecule has 0 saturated carbocycles. The minimum Gasteiger partial charge on any atom is -0.207 e. The van der Waals surface area contributed by atoms with Crippen LogP contribution in [0.3, 0.4) is 0 Å². The highest BCUT2D eigenvalue weighted by Gasteiger charge is 2.00. The van der Waals surface area contributed by atoms with Crippen molar-refractivity contribution in [2.75, 3.05) is 0 Å². The van der Waals surface area contributed by atoms with Gasteiger partial charge in [-0.1, -0.05) is 23.2 Å². The van der Waals surface area contributed by atoms with E-state index < -0.39 is 11.6 Å². The molecule has 0 spiro atoms. The van der Waals surface area contributed by atoms with Crippen molar-refractivity contribution in [3.8, 4) is 0 Å². The van der Waals surface area contributed by atoms with Crippen LogP contribution in [-0.2, 0) is 0 Å². The van der Waals surface area contributed by atoms with Gasteiger partial charge in [-0.15, -0.1) is 0 Å². The van der Waals surface area contributed by atoms with Gasteiger partial charge in [0, 0.05) is 5.56 Å². The van der Waals surface area contributed by atoms with Crippen molar-refractivity contribution in [1.82, 2.24) is 0 Å². The molecule has 0 aliphatic carbocycles. The maximum Gasteiger partial charge on any atom is 0.130 e. The van der Waals surface area contributed by atoms with Crippen LogP contribution in [0.15, 0.2) is 22.7 Å². The summed E-state index contributed by atoms with van der Waals surface area (Å²) in [7, 11) is 0. The highest BCUT2D eigenvalue weighted by Crippen LogP contribution is 2.17. The van der Waals surface area contributed by atoms with Crippen molar-refractivity contribution in [1.29, 1.82) is 0 Å². The Morgan fingerprint density at radius 3 is 2.50 bits per heavy atom. The third-order valence-corrected chi connectivity index (χ3v) is 1.44. The average Bonchev–Trinajstić information content (AvgIpc) is 1.96. The zero-order valence-corrected chi connectivity index (χ0v) is 7.33. The van der Waals surface area contributed by atoms with Gasteiger partial charge in [0.1, 0.15) is 16.1 Å². The van der Waals surface area contributed by atoms with Crippen molar-refractivity contribution in [3.05, 3.63) is 39.9 Å². The summed E-state index contributed by atoms with van der Waals surface area (Å²) < 4.78 is 25.2. The standard InChI is InChI=1S/C8H4Cl2F2/c9-8(10)4-5-3-6(11)1-2-7(5)12/h1-4H. The van der Waals surface area contributed by atoms with Gasteiger partial charge in [-0.2, -0.15) is 0 Å². The third-order valence-electron chi connectivity index (χ3n) is 1.22. The van der Waals surface area contributed by atoms with Crippen molar-refractivity contribution in [2.24, 2.45) is 0 Å². The number of rotatable bonds is 1. The molecule has 12 heavy (non-hydrogen) atoms. The molecule has 0 heterocycles. The van der Waals surface area contributed by atoms with Crippen LogP contribution < -0.4 is 0 Å². The maximum absolute atomic E-state index is 12.8. The third kappa shape index (κ3) is 2.47. The molecule has 0 bridgehead atoms. The summed E-state index contributed by atoms with van der Waals surface area (Å²) in [6.07, 6.45) is 1.14. The molecule has 0 aliphatic heterocycles. The van der Waals surface area contributed by atoms with Gasteiger partial charge in [-0.05, 0) is 24.3 Å². The van der Waals surface area contributed by atoms with E-state index in [-0.39, 0.29) is 10.1 Å². The molecular formula is C8H4Cl2F2. The van der Waals surface area contributed by atoms with Crippen LogP contribution in [0.4, 0.5) is 8.78 Å². The lowest BCUT2D eigenvalue weighted by Gasteiger charge is -1.95. The first-order valence-electron chi connectivity index (χ1n) is 3.07. The molecule has 1 aromatic rings. The van der Waals surface area contributed by atoms with Crippen LogP contribution in [-0.4, -0.2) is 0 Å². The fourth-order valence-corrected chi connectivity index (χ4v) is 0.978. The minimum atomic E-state index is -0.560. The monoisotopic (exact) mass is 208 g/mol. The van der Waals surface area contributed by atoms with Gasteiger partial charge in [-0.3, -0.25) is 0 Å². The van der Waals surface area contributed by atoms with E-state index in [1.807, 2.05) is 0 Å². The molecule has 1 aromatic carbocycles. The first-order valence-corrected chi connectivity index (χ1v) is 3.83. The highest BCUT2D eigenvalue weighted by atomic mass is 35.5. The van der Waals surface area contributed by atoms with E-state index in [1.165, 1.54) is 0 Å². The second kappa shape index (κ2) is 3.87. The number of hydrogen-bond acceptors (Lipinski definition) is 0. The fraction of sp³-hybridized carbons (Fsp3) is 0. The predicted molar refractivity (Wildman–Crippen MR) is 46.0 cm³/mol. The smallest absolute Gasteiger partial charge is 0.130 e. The first kappa shape index (κ1) is 9.49. The molecule has 0 nitrogen and oxygen atoms in total. The van der Waals surface area contributed by atoms with Crippen LogP contribution in [0.2, 0.25) is 0 Å². The van der Waals surface area contributed by atoms with Crippen molar-refractivity contribution < 1.29 is 8.78 Å². The van der Waals surface area contributed by atoms with E-state index >= 15 is 0 Å². The quantitative estimate of drug-likeness (QED) is 0.660. The molecule has 0 aliphatic rings. The van der Waals surface area contributed by atoms with E-state index in [4.69, 9.17) is 23.2 Å². The lowest BCUT2D eigenvalue weighted by atomic mass is 10.2. The topological polar surface area (TPSA) is 0 Å². The number of halogens is 4. The van der Waals surface area contributed by atoms with E-state index in [9.17, 15) is 8.78 Å². The minimum absolute atomic E-state index is 0.0370. The Labute approximate surface area is 78.4 Å². The Morgan fingerprint density at radius 1 is 1.25 bits per heavy atom. The molecule has 0 N–H and O–H groups in total. The SMILES string of the molecule is Fc1ccc(F)c(C=C(Cl)Cl)c1. The second-order valence-electron chi connectivity index (χ2n) is 2.10. The molecule has 1 rings (SSSR count). The average molecular weight is 209 g/mol. The Balaban J connectivity index is 3.14. The van der Waals surface area contributed by atoms with Crippen molar-refractivity contribution in [3.63, 3.8) is 0 Å². The molecular weight excluding hydrogens is 205 g/mol. The Hall–Kier alpha value is -0.600. The van der Waals surface area contributed by atoms with Crippen LogP contribution in [0.1, 0.15) is 5.56 Å². The van der Waals surface area contributed by atoms with E-state index in [0.29, 0.717) is 0 Å². The molecule has 0 unspecified atom stereocenters. The maximum atomic E-state index is 12.8. The van der Waals surface area contributed by atoms with Gasteiger partial charge in [0.25, 0.3) is 0 Å². The van der Waals surface area contributed by atoms with Crippen LogP contribution in [0.25, 0.3) is 6.08 Å². The van der Waals surface area contributed by atoms with Gasteiger partial charge in [0.2, 0.25) is 0 Å². The highest BCUT2D eigenvalue weighted by molar-refractivity contribution is 6.57. The number of benzene rings is 1. The Bertz CT molecular complexity index is 317. The summed E-state index contributed by atoms with van der Waals surface area (Å²) in [4.78, 5) is 0. The van der Waals surface area contributed by atoms with Crippen LogP contribution in [0.5, 0.6) is 0 Å². The second-order valence-corrected chi connectivity index (χ2v) is 3.11. The van der Waals surface area contributed by atoms with Gasteiger partial charge in [-0.25, -0.2) is 8.78 Å². The van der Waals surface area contributed by atoms with Crippen molar-refractivity contribution in [2.45, 2.75) is 0 Å². The normalized spacial score (nSPS) is 9.67. The summed E-state index contributed by atoms with van der Waals surface area (Å²) in [5, 5.41) is 0. The predicted octanol–water partition coefficient (Wildman–Crippen LogP) is 3.74. The van der Waals surface area contributed by atoms with Gasteiger partial charge in [0.15, 0.2) is 0 Å². The molecule has 0 fully saturated rings. The lowest BCUT2D eigenvalue weighted by molar-refractivity contribution is 0.598. The largest absolute Gasteiger partial charge is 0.207 e. The first-order chi connectivity index (χ1) is 5.59. The molecule has 4 heteroatoms. The van der Waals surface area contributed by atoms with Crippen LogP contribution >= 0.6 is 23.2 Å². The summed E-state index contributed by atoms with van der Waals surface area (Å²) in [6, 6.07) is 3.05. The Kier molecular flexibility index (Phi) is 3.06. The van der Waals surface area contributed by atoms with Crippen molar-refractivity contribution >= 4 is 29.3 Å². The van der Waals surface area contributed by atoms with E-state index in [1.54, 1.807) is 0 Å². The molecule has 0 saturated heterocycles. The van der Waals surface area contributed by atoms with E-state index in [2.05, 4.69) is 0 Å².